The maximum atomic E-state index is 11.9. The molecule has 2 aromatic rings. The summed E-state index contributed by atoms with van der Waals surface area (Å²) in [5.74, 6) is 0.243. The third kappa shape index (κ3) is 4.59. The minimum Gasteiger partial charge on any atom is -0.396 e. The molecule has 0 radical (unpaired) electrons. The zero-order chi connectivity index (χ0) is 15.1. The number of hydrogen-bond donors (Lipinski definition) is 2. The molecule has 2 aromatic heterocycles. The predicted molar refractivity (Wildman–Crippen MR) is 76.6 cm³/mol. The Bertz CT molecular complexity index is 551. The van der Waals surface area contributed by atoms with E-state index in [1.54, 1.807) is 18.4 Å². The minimum atomic E-state index is -0.250. The molecule has 2 rings (SSSR count). The maximum absolute atomic E-state index is 11.9. The number of nitrogens with one attached hydrogen (secondary N) is 1. The molecule has 1 atom stereocenters. The van der Waals surface area contributed by atoms with Crippen molar-refractivity contribution >= 4 is 17.2 Å². The summed E-state index contributed by atoms with van der Waals surface area (Å²) in [6.45, 7) is 0.304. The van der Waals surface area contributed by atoms with Crippen molar-refractivity contribution in [2.75, 3.05) is 20.3 Å². The molecule has 0 fully saturated rings. The van der Waals surface area contributed by atoms with Crippen LogP contribution in [0.5, 0.6) is 0 Å². The van der Waals surface area contributed by atoms with Gasteiger partial charge in [0.25, 0.3) is 0 Å². The third-order valence-electron chi connectivity index (χ3n) is 2.73. The normalized spacial score (nSPS) is 12.3. The maximum Gasteiger partial charge on any atom is 0.243 e. The highest BCUT2D eigenvalue weighted by Gasteiger charge is 2.14. The molecular weight excluding hydrogens is 294 g/mol. The second-order valence-electron chi connectivity index (χ2n) is 4.39. The van der Waals surface area contributed by atoms with Crippen LogP contribution < -0.4 is 5.32 Å². The van der Waals surface area contributed by atoms with E-state index in [4.69, 9.17) is 9.84 Å². The van der Waals surface area contributed by atoms with Gasteiger partial charge in [0.05, 0.1) is 12.6 Å². The summed E-state index contributed by atoms with van der Waals surface area (Å²) in [6.07, 6.45) is 0.435. The Morgan fingerprint density at radius 2 is 2.48 bits per heavy atom. The standard InChI is InChI=1S/C12H17N5O3S/c1-20-7-10(2-4-18)13-11(19)6-17-15-12(14-16-17)9-3-5-21-8-9/h3,5,8,10,18H,2,4,6-7H2,1H3,(H,13,19). The van der Waals surface area contributed by atoms with Gasteiger partial charge in [-0.3, -0.25) is 4.79 Å². The van der Waals surface area contributed by atoms with Crippen molar-refractivity contribution in [3.8, 4) is 11.4 Å². The van der Waals surface area contributed by atoms with Crippen molar-refractivity contribution in [3.63, 3.8) is 0 Å². The summed E-state index contributed by atoms with van der Waals surface area (Å²) in [4.78, 5) is 13.1. The van der Waals surface area contributed by atoms with E-state index in [1.807, 2.05) is 16.8 Å². The molecule has 21 heavy (non-hydrogen) atoms. The summed E-state index contributed by atoms with van der Waals surface area (Å²) >= 11 is 1.54. The van der Waals surface area contributed by atoms with Gasteiger partial charge in [0.15, 0.2) is 0 Å². The SMILES string of the molecule is COCC(CCO)NC(=O)Cn1nnc(-c2ccsc2)n1. The van der Waals surface area contributed by atoms with E-state index in [2.05, 4.69) is 20.7 Å². The largest absolute Gasteiger partial charge is 0.396 e. The van der Waals surface area contributed by atoms with Gasteiger partial charge in [-0.1, -0.05) is 0 Å². The summed E-state index contributed by atoms with van der Waals surface area (Å²) in [6, 6.07) is 1.66. The first-order chi connectivity index (χ1) is 10.2. The van der Waals surface area contributed by atoms with Crippen LogP contribution in [0.2, 0.25) is 0 Å². The summed E-state index contributed by atoms with van der Waals surface area (Å²) in [5, 5.41) is 27.4. The molecule has 0 saturated heterocycles. The zero-order valence-electron chi connectivity index (χ0n) is 11.6. The van der Waals surface area contributed by atoms with Crippen molar-refractivity contribution in [3.05, 3.63) is 16.8 Å². The monoisotopic (exact) mass is 311 g/mol. The van der Waals surface area contributed by atoms with Crippen LogP contribution in [0.15, 0.2) is 16.8 Å². The number of rotatable bonds is 8. The van der Waals surface area contributed by atoms with Gasteiger partial charge in [0.2, 0.25) is 11.7 Å². The fraction of sp³-hybridized carbons (Fsp3) is 0.500. The third-order valence-corrected chi connectivity index (χ3v) is 3.41. The van der Waals surface area contributed by atoms with Crippen LogP contribution in [0.4, 0.5) is 0 Å². The van der Waals surface area contributed by atoms with Crippen LogP contribution in [0.3, 0.4) is 0 Å². The van der Waals surface area contributed by atoms with Crippen LogP contribution in [0.1, 0.15) is 6.42 Å². The van der Waals surface area contributed by atoms with E-state index in [1.165, 1.54) is 4.80 Å². The predicted octanol–water partition coefficient (Wildman–Crippen LogP) is -0.0848. The number of methoxy groups -OCH3 is 1. The molecule has 2 heterocycles. The van der Waals surface area contributed by atoms with Crippen LogP contribution in [-0.4, -0.2) is 57.6 Å². The molecule has 0 spiro atoms. The van der Waals surface area contributed by atoms with E-state index in [9.17, 15) is 4.79 Å². The molecule has 0 aliphatic rings. The first-order valence-electron chi connectivity index (χ1n) is 6.42. The molecule has 2 N–H and O–H groups in total. The van der Waals surface area contributed by atoms with Gasteiger partial charge in [-0.15, -0.1) is 10.2 Å². The lowest BCUT2D eigenvalue weighted by molar-refractivity contribution is -0.123. The van der Waals surface area contributed by atoms with E-state index in [0.29, 0.717) is 18.9 Å². The van der Waals surface area contributed by atoms with Crippen molar-refractivity contribution in [2.45, 2.75) is 19.0 Å². The van der Waals surface area contributed by atoms with Crippen molar-refractivity contribution in [2.24, 2.45) is 0 Å². The van der Waals surface area contributed by atoms with E-state index >= 15 is 0 Å². The topological polar surface area (TPSA) is 102 Å². The molecule has 9 heteroatoms. The number of nitrogens with zero attached hydrogens (tertiary/aromatic N) is 4. The molecule has 114 valence electrons. The summed E-state index contributed by atoms with van der Waals surface area (Å²) in [7, 11) is 1.54. The fourth-order valence-electron chi connectivity index (χ4n) is 1.77. The molecule has 0 saturated carbocycles. The second kappa shape index (κ2) is 7.81. The molecule has 0 aliphatic carbocycles. The van der Waals surface area contributed by atoms with Crippen molar-refractivity contribution in [1.29, 1.82) is 0 Å². The van der Waals surface area contributed by atoms with Crippen LogP contribution >= 0.6 is 11.3 Å². The number of aliphatic hydroxyl groups excluding tert-OH is 1. The number of hydrogen-bond acceptors (Lipinski definition) is 7. The Balaban J connectivity index is 1.90. The minimum absolute atomic E-state index is 0.0157. The summed E-state index contributed by atoms with van der Waals surface area (Å²) < 4.78 is 4.99. The smallest absolute Gasteiger partial charge is 0.243 e. The van der Waals surface area contributed by atoms with Crippen molar-refractivity contribution in [1.82, 2.24) is 25.5 Å². The van der Waals surface area contributed by atoms with E-state index in [-0.39, 0.29) is 25.1 Å². The number of carbonyl (C=O) groups excluding carboxylic acids is 1. The number of tetrazole rings is 1. The number of carbonyl (C=O) groups is 1. The second-order valence-corrected chi connectivity index (χ2v) is 5.17. The number of aromatic nitrogens is 4. The van der Waals surface area contributed by atoms with Gasteiger partial charge in [-0.2, -0.15) is 16.1 Å². The quantitative estimate of drug-likeness (QED) is 0.707. The summed E-state index contributed by atoms with van der Waals surface area (Å²) in [5.41, 5.74) is 0.879. The van der Waals surface area contributed by atoms with E-state index in [0.717, 1.165) is 5.56 Å². The number of amides is 1. The molecule has 0 bridgehead atoms. The number of thiophene rings is 1. The van der Waals surface area contributed by atoms with Gasteiger partial charge in [0.1, 0.15) is 6.54 Å². The molecule has 0 aromatic carbocycles. The highest BCUT2D eigenvalue weighted by molar-refractivity contribution is 7.08. The average molecular weight is 311 g/mol. The Labute approximate surface area is 125 Å². The van der Waals surface area contributed by atoms with Gasteiger partial charge in [-0.25, -0.2) is 0 Å². The van der Waals surface area contributed by atoms with Gasteiger partial charge in [-0.05, 0) is 23.1 Å². The highest BCUT2D eigenvalue weighted by atomic mass is 32.1. The van der Waals surface area contributed by atoms with Crippen LogP contribution in [0, 0.1) is 0 Å². The van der Waals surface area contributed by atoms with Gasteiger partial charge >= 0.3 is 0 Å². The first kappa shape index (κ1) is 15.5. The van der Waals surface area contributed by atoms with Crippen LogP contribution in [-0.2, 0) is 16.1 Å². The lowest BCUT2D eigenvalue weighted by Crippen LogP contribution is -2.40. The average Bonchev–Trinajstić information content (AvgIpc) is 3.09. The molecule has 1 amide bonds. The number of aliphatic hydroxyl groups is 1. The van der Waals surface area contributed by atoms with E-state index < -0.39 is 0 Å². The lowest BCUT2D eigenvalue weighted by atomic mass is 10.2. The Morgan fingerprint density at radius 3 is 3.14 bits per heavy atom. The Kier molecular flexibility index (Phi) is 5.78. The molecule has 0 aliphatic heterocycles. The first-order valence-corrected chi connectivity index (χ1v) is 7.36. The highest BCUT2D eigenvalue weighted by Crippen LogP contribution is 2.16. The molecule has 1 unspecified atom stereocenters. The van der Waals surface area contributed by atoms with Gasteiger partial charge in [0, 0.05) is 24.7 Å². The fourth-order valence-corrected chi connectivity index (χ4v) is 2.41. The molecule has 8 nitrogen and oxygen atoms in total. The Hall–Kier alpha value is -1.84. The van der Waals surface area contributed by atoms with Crippen LogP contribution in [0.25, 0.3) is 11.4 Å². The zero-order valence-corrected chi connectivity index (χ0v) is 12.4. The van der Waals surface area contributed by atoms with Gasteiger partial charge < -0.3 is 15.2 Å². The number of ether oxygens (including phenoxy) is 1. The lowest BCUT2D eigenvalue weighted by Gasteiger charge is -2.16. The Morgan fingerprint density at radius 1 is 1.62 bits per heavy atom. The van der Waals surface area contributed by atoms with Crippen molar-refractivity contribution < 1.29 is 14.6 Å². The molecular formula is C12H17N5O3S.